The second kappa shape index (κ2) is 3.52. The Morgan fingerprint density at radius 2 is 2.27 bits per heavy atom. The van der Waals surface area contributed by atoms with Crippen molar-refractivity contribution in [2.75, 3.05) is 11.9 Å². The molecule has 0 radical (unpaired) electrons. The van der Waals surface area contributed by atoms with Gasteiger partial charge in [0.2, 0.25) is 0 Å². The van der Waals surface area contributed by atoms with Crippen LogP contribution in [0.5, 0.6) is 5.75 Å². The summed E-state index contributed by atoms with van der Waals surface area (Å²) in [5.74, 6) is 0.755. The topological polar surface area (TPSA) is 38.3 Å². The highest BCUT2D eigenvalue weighted by Crippen LogP contribution is 2.39. The first-order valence-corrected chi connectivity index (χ1v) is 5.81. The first-order chi connectivity index (χ1) is 6.94. The van der Waals surface area contributed by atoms with E-state index in [0.29, 0.717) is 0 Å². The summed E-state index contributed by atoms with van der Waals surface area (Å²) >= 11 is 1.61. The lowest BCUT2D eigenvalue weighted by molar-refractivity contribution is -0.118. The third-order valence-corrected chi connectivity index (χ3v) is 3.10. The number of amides is 1. The van der Waals surface area contributed by atoms with Crippen molar-refractivity contribution in [3.05, 3.63) is 10.9 Å². The molecule has 1 aliphatic heterocycles. The molecule has 0 atom stereocenters. The number of nitrogens with one attached hydrogen (secondary N) is 1. The number of hydrogen-bond acceptors (Lipinski definition) is 3. The molecule has 1 N–H and O–H groups in total. The Kier molecular flexibility index (Phi) is 2.46. The second-order valence-electron chi connectivity index (χ2n) is 4.98. The molecule has 0 aromatic carbocycles. The number of rotatable bonds is 1. The van der Waals surface area contributed by atoms with Crippen LogP contribution in [-0.4, -0.2) is 12.5 Å². The van der Waals surface area contributed by atoms with E-state index in [1.165, 1.54) is 4.88 Å². The zero-order valence-corrected chi connectivity index (χ0v) is 10.0. The standard InChI is InChI=1S/C11H15NO2S/c1-11(2,3)5-7-4-8-10(15-7)12-9(13)6-14-8/h4H,5-6H2,1-3H3,(H,12,13). The van der Waals surface area contributed by atoms with Crippen molar-refractivity contribution in [2.24, 2.45) is 5.41 Å². The van der Waals surface area contributed by atoms with Gasteiger partial charge in [0, 0.05) is 4.88 Å². The zero-order chi connectivity index (χ0) is 11.1. The molecule has 3 nitrogen and oxygen atoms in total. The van der Waals surface area contributed by atoms with Crippen LogP contribution in [0.1, 0.15) is 25.6 Å². The molecule has 1 aromatic heterocycles. The summed E-state index contributed by atoms with van der Waals surface area (Å²) in [6.07, 6.45) is 1.00. The van der Waals surface area contributed by atoms with Gasteiger partial charge in [0.25, 0.3) is 5.91 Å². The molecule has 0 fully saturated rings. The molecule has 2 heterocycles. The Hall–Kier alpha value is -1.03. The summed E-state index contributed by atoms with van der Waals surface area (Å²) in [5.41, 5.74) is 0.261. The van der Waals surface area contributed by atoms with Crippen molar-refractivity contribution >= 4 is 22.2 Å². The molecule has 1 aromatic rings. The van der Waals surface area contributed by atoms with Gasteiger partial charge >= 0.3 is 0 Å². The minimum Gasteiger partial charge on any atom is -0.481 e. The van der Waals surface area contributed by atoms with Gasteiger partial charge in [0.1, 0.15) is 5.00 Å². The van der Waals surface area contributed by atoms with Gasteiger partial charge in [0.05, 0.1) is 0 Å². The van der Waals surface area contributed by atoms with E-state index in [1.54, 1.807) is 11.3 Å². The van der Waals surface area contributed by atoms with Crippen LogP contribution in [0.25, 0.3) is 0 Å². The maximum Gasteiger partial charge on any atom is 0.263 e. The molecule has 2 rings (SSSR count). The smallest absolute Gasteiger partial charge is 0.263 e. The number of carbonyl (C=O) groups excluding carboxylic acids is 1. The van der Waals surface area contributed by atoms with Crippen LogP contribution in [0.4, 0.5) is 5.00 Å². The summed E-state index contributed by atoms with van der Waals surface area (Å²) < 4.78 is 5.33. The summed E-state index contributed by atoms with van der Waals surface area (Å²) in [6.45, 7) is 6.74. The summed E-state index contributed by atoms with van der Waals surface area (Å²) in [5, 5.41) is 3.67. The first-order valence-electron chi connectivity index (χ1n) is 4.99. The lowest BCUT2D eigenvalue weighted by atomic mass is 9.92. The molecule has 4 heteroatoms. The van der Waals surface area contributed by atoms with E-state index < -0.39 is 0 Å². The van der Waals surface area contributed by atoms with E-state index in [-0.39, 0.29) is 17.9 Å². The van der Waals surface area contributed by atoms with Crippen LogP contribution in [-0.2, 0) is 11.2 Å². The van der Waals surface area contributed by atoms with Gasteiger partial charge in [-0.3, -0.25) is 4.79 Å². The van der Waals surface area contributed by atoms with Crippen molar-refractivity contribution in [1.82, 2.24) is 0 Å². The van der Waals surface area contributed by atoms with Gasteiger partial charge in [-0.15, -0.1) is 11.3 Å². The molecule has 15 heavy (non-hydrogen) atoms. The normalized spacial score (nSPS) is 15.5. The number of ether oxygens (including phenoxy) is 1. The molecule has 0 bridgehead atoms. The third-order valence-electron chi connectivity index (χ3n) is 2.07. The summed E-state index contributed by atoms with van der Waals surface area (Å²) in [6, 6.07) is 2.03. The molecule has 0 aliphatic carbocycles. The lowest BCUT2D eigenvalue weighted by Gasteiger charge is -2.15. The van der Waals surface area contributed by atoms with Crippen molar-refractivity contribution in [3.63, 3.8) is 0 Å². The number of fused-ring (bicyclic) bond motifs is 1. The van der Waals surface area contributed by atoms with Gasteiger partial charge in [-0.25, -0.2) is 0 Å². The maximum absolute atomic E-state index is 11.1. The van der Waals surface area contributed by atoms with E-state index >= 15 is 0 Å². The fraction of sp³-hybridized carbons (Fsp3) is 0.545. The first kappa shape index (κ1) is 10.5. The molecule has 0 spiro atoms. The predicted octanol–water partition coefficient (Wildman–Crippen LogP) is 2.67. The van der Waals surface area contributed by atoms with E-state index in [1.807, 2.05) is 6.07 Å². The van der Waals surface area contributed by atoms with Crippen molar-refractivity contribution in [3.8, 4) is 5.75 Å². The van der Waals surface area contributed by atoms with Gasteiger partial charge in [-0.05, 0) is 17.9 Å². The molecule has 0 saturated heterocycles. The Labute approximate surface area is 93.4 Å². The molecule has 82 valence electrons. The summed E-state index contributed by atoms with van der Waals surface area (Å²) in [7, 11) is 0. The minimum absolute atomic E-state index is 0.0633. The van der Waals surface area contributed by atoms with Gasteiger partial charge in [-0.2, -0.15) is 0 Å². The van der Waals surface area contributed by atoms with E-state index in [0.717, 1.165) is 17.2 Å². The van der Waals surface area contributed by atoms with E-state index in [2.05, 4.69) is 26.1 Å². The Bertz CT molecular complexity index is 390. The Morgan fingerprint density at radius 3 is 2.93 bits per heavy atom. The number of hydrogen-bond donors (Lipinski definition) is 1. The maximum atomic E-state index is 11.1. The van der Waals surface area contributed by atoms with Crippen molar-refractivity contribution in [1.29, 1.82) is 0 Å². The minimum atomic E-state index is -0.0633. The highest BCUT2D eigenvalue weighted by molar-refractivity contribution is 7.16. The van der Waals surface area contributed by atoms with Crippen LogP contribution in [0.3, 0.4) is 0 Å². The molecular weight excluding hydrogens is 210 g/mol. The van der Waals surface area contributed by atoms with E-state index in [9.17, 15) is 4.79 Å². The van der Waals surface area contributed by atoms with E-state index in [4.69, 9.17) is 4.74 Å². The predicted molar refractivity (Wildman–Crippen MR) is 61.6 cm³/mol. The second-order valence-corrected chi connectivity index (χ2v) is 6.12. The fourth-order valence-corrected chi connectivity index (χ4v) is 2.85. The van der Waals surface area contributed by atoms with Gasteiger partial charge in [-0.1, -0.05) is 20.8 Å². The van der Waals surface area contributed by atoms with Crippen LogP contribution in [0, 0.1) is 5.41 Å². The largest absolute Gasteiger partial charge is 0.481 e. The zero-order valence-electron chi connectivity index (χ0n) is 9.22. The van der Waals surface area contributed by atoms with Gasteiger partial charge < -0.3 is 10.1 Å². The third kappa shape index (κ3) is 2.50. The van der Waals surface area contributed by atoms with Crippen LogP contribution in [0.15, 0.2) is 6.07 Å². The molecule has 0 saturated carbocycles. The molecule has 1 amide bonds. The Balaban J connectivity index is 2.19. The fourth-order valence-electron chi connectivity index (χ4n) is 1.53. The number of anilines is 1. The summed E-state index contributed by atoms with van der Waals surface area (Å²) in [4.78, 5) is 12.3. The average Bonchev–Trinajstić information content (AvgIpc) is 2.42. The van der Waals surface area contributed by atoms with Crippen LogP contribution >= 0.6 is 11.3 Å². The SMILES string of the molecule is CC(C)(C)Cc1cc2c(s1)NC(=O)CO2. The average molecular weight is 225 g/mol. The van der Waals surface area contributed by atoms with Gasteiger partial charge in [0.15, 0.2) is 12.4 Å². The monoisotopic (exact) mass is 225 g/mol. The van der Waals surface area contributed by atoms with Crippen molar-refractivity contribution in [2.45, 2.75) is 27.2 Å². The lowest BCUT2D eigenvalue weighted by Crippen LogP contribution is -2.23. The Morgan fingerprint density at radius 1 is 1.53 bits per heavy atom. The molecular formula is C11H15NO2S. The highest BCUT2D eigenvalue weighted by atomic mass is 32.1. The quantitative estimate of drug-likeness (QED) is 0.798. The molecule has 1 aliphatic rings. The van der Waals surface area contributed by atoms with Crippen LogP contribution in [0.2, 0.25) is 0 Å². The van der Waals surface area contributed by atoms with Crippen molar-refractivity contribution < 1.29 is 9.53 Å². The number of thiophene rings is 1. The number of carbonyl (C=O) groups is 1. The highest BCUT2D eigenvalue weighted by Gasteiger charge is 2.21. The molecule has 0 unspecified atom stereocenters. The van der Waals surface area contributed by atoms with Crippen LogP contribution < -0.4 is 10.1 Å².